The largest absolute Gasteiger partial charge is 0.462 e. The zero-order chi connectivity index (χ0) is 12.9. The quantitative estimate of drug-likeness (QED) is 0.241. The van der Waals surface area contributed by atoms with E-state index in [-0.39, 0.29) is 5.97 Å². The summed E-state index contributed by atoms with van der Waals surface area (Å²) in [7, 11) is 2.77. The Bertz CT molecular complexity index is 214. The van der Waals surface area contributed by atoms with Crippen LogP contribution in [0.5, 0.6) is 0 Å². The number of ether oxygens (including phenoxy) is 1. The van der Waals surface area contributed by atoms with E-state index in [0.29, 0.717) is 12.2 Å². The van der Waals surface area contributed by atoms with Gasteiger partial charge in [-0.1, -0.05) is 45.1 Å². The maximum Gasteiger partial charge on any atom is 0.333 e. The van der Waals surface area contributed by atoms with Gasteiger partial charge in [-0.05, 0) is 25.9 Å². The van der Waals surface area contributed by atoms with Gasteiger partial charge < -0.3 is 4.74 Å². The van der Waals surface area contributed by atoms with Gasteiger partial charge >= 0.3 is 5.97 Å². The van der Waals surface area contributed by atoms with Gasteiger partial charge in [0.1, 0.15) is 0 Å². The van der Waals surface area contributed by atoms with E-state index < -0.39 is 0 Å². The Balaban J connectivity index is 3.08. The van der Waals surface area contributed by atoms with Crippen LogP contribution in [0.2, 0.25) is 0 Å². The lowest BCUT2D eigenvalue weighted by Gasteiger charge is -2.04. The van der Waals surface area contributed by atoms with Gasteiger partial charge in [-0.2, -0.15) is 0 Å². The molecule has 0 fully saturated rings. The first kappa shape index (κ1) is 16.6. The maximum absolute atomic E-state index is 11.1. The van der Waals surface area contributed by atoms with E-state index in [1.165, 1.54) is 44.7 Å². The first-order valence-corrected chi connectivity index (χ1v) is 7.53. The summed E-state index contributed by atoms with van der Waals surface area (Å²) in [5.74, 6) is -0.262. The molecule has 0 rings (SSSR count). The molecule has 1 unspecified atom stereocenters. The van der Waals surface area contributed by atoms with Crippen molar-refractivity contribution < 1.29 is 9.53 Å². The SMILES string of the molecule is C=C(C)C(=O)OCCCCCCCCCCP. The van der Waals surface area contributed by atoms with Crippen LogP contribution in [-0.4, -0.2) is 18.7 Å². The van der Waals surface area contributed by atoms with Gasteiger partial charge in [0, 0.05) is 5.57 Å². The van der Waals surface area contributed by atoms with Gasteiger partial charge in [0.25, 0.3) is 0 Å². The highest BCUT2D eigenvalue weighted by atomic mass is 31.0. The van der Waals surface area contributed by atoms with Crippen molar-refractivity contribution in [1.29, 1.82) is 0 Å². The van der Waals surface area contributed by atoms with Crippen molar-refractivity contribution in [2.75, 3.05) is 12.8 Å². The normalized spacial score (nSPS) is 10.2. The van der Waals surface area contributed by atoms with E-state index in [9.17, 15) is 4.79 Å². The minimum absolute atomic E-state index is 0.262. The standard InChI is InChI=1S/C14H27O2P/c1-13(2)14(15)16-11-9-7-5-3-4-6-8-10-12-17/h1,3-12,17H2,2H3. The van der Waals surface area contributed by atoms with Crippen LogP contribution in [0, 0.1) is 0 Å². The van der Waals surface area contributed by atoms with Crippen molar-refractivity contribution in [3.8, 4) is 0 Å². The van der Waals surface area contributed by atoms with Crippen LogP contribution in [0.1, 0.15) is 58.3 Å². The van der Waals surface area contributed by atoms with Crippen molar-refractivity contribution in [2.45, 2.75) is 58.3 Å². The fourth-order valence-electron chi connectivity index (χ4n) is 1.60. The zero-order valence-electron chi connectivity index (χ0n) is 11.2. The number of unbranched alkanes of at least 4 members (excludes halogenated alkanes) is 7. The second-order valence-corrected chi connectivity index (χ2v) is 5.11. The fraction of sp³-hybridized carbons (Fsp3) is 0.786. The van der Waals surface area contributed by atoms with Gasteiger partial charge in [0.15, 0.2) is 0 Å². The molecule has 0 spiro atoms. The lowest BCUT2D eigenvalue weighted by atomic mass is 10.1. The van der Waals surface area contributed by atoms with Crippen LogP contribution in [0.15, 0.2) is 12.2 Å². The molecular formula is C14H27O2P. The third-order valence-electron chi connectivity index (χ3n) is 2.68. The smallest absolute Gasteiger partial charge is 0.333 e. The first-order chi connectivity index (χ1) is 8.18. The van der Waals surface area contributed by atoms with Crippen LogP contribution < -0.4 is 0 Å². The van der Waals surface area contributed by atoms with E-state index in [4.69, 9.17) is 4.74 Å². The third-order valence-corrected chi connectivity index (χ3v) is 3.09. The summed E-state index contributed by atoms with van der Waals surface area (Å²) < 4.78 is 5.02. The molecule has 0 saturated heterocycles. The number of hydrogen-bond acceptors (Lipinski definition) is 2. The monoisotopic (exact) mass is 258 g/mol. The summed E-state index contributed by atoms with van der Waals surface area (Å²) in [6, 6.07) is 0. The molecule has 0 aliphatic heterocycles. The Labute approximate surface area is 108 Å². The average molecular weight is 258 g/mol. The third kappa shape index (κ3) is 11.9. The molecule has 100 valence electrons. The minimum atomic E-state index is -0.262. The first-order valence-electron chi connectivity index (χ1n) is 6.71. The van der Waals surface area contributed by atoms with Crippen molar-refractivity contribution in [3.05, 3.63) is 12.2 Å². The molecule has 1 atom stereocenters. The molecule has 0 aliphatic rings. The van der Waals surface area contributed by atoms with E-state index >= 15 is 0 Å². The summed E-state index contributed by atoms with van der Waals surface area (Å²) >= 11 is 0. The predicted molar refractivity (Wildman–Crippen MR) is 77.3 cm³/mol. The molecule has 2 nitrogen and oxygen atoms in total. The summed E-state index contributed by atoms with van der Waals surface area (Å²) in [5, 5.41) is 0. The van der Waals surface area contributed by atoms with Gasteiger partial charge in [-0.15, -0.1) is 9.24 Å². The second-order valence-electron chi connectivity index (χ2n) is 4.53. The van der Waals surface area contributed by atoms with Crippen LogP contribution in [0.25, 0.3) is 0 Å². The van der Waals surface area contributed by atoms with Crippen LogP contribution in [-0.2, 0) is 9.53 Å². The Kier molecular flexibility index (Phi) is 11.8. The van der Waals surface area contributed by atoms with Gasteiger partial charge in [0.2, 0.25) is 0 Å². The zero-order valence-corrected chi connectivity index (χ0v) is 12.3. The molecule has 3 heteroatoms. The number of carbonyl (C=O) groups excluding carboxylic acids is 1. The van der Waals surface area contributed by atoms with Gasteiger partial charge in [0.05, 0.1) is 6.61 Å². The van der Waals surface area contributed by atoms with Crippen LogP contribution in [0.4, 0.5) is 0 Å². The fourth-order valence-corrected chi connectivity index (χ4v) is 1.88. The number of esters is 1. The molecule has 0 aliphatic carbocycles. The highest BCUT2D eigenvalue weighted by Gasteiger charge is 2.01. The molecule has 0 N–H and O–H groups in total. The molecule has 0 aromatic carbocycles. The van der Waals surface area contributed by atoms with E-state index in [1.807, 2.05) is 0 Å². The Morgan fingerprint density at radius 1 is 1.00 bits per heavy atom. The number of rotatable bonds is 11. The molecule has 17 heavy (non-hydrogen) atoms. The summed E-state index contributed by atoms with van der Waals surface area (Å²) in [6.07, 6.45) is 11.3. The Morgan fingerprint density at radius 3 is 1.94 bits per heavy atom. The molecule has 0 saturated carbocycles. The average Bonchev–Trinajstić information content (AvgIpc) is 2.31. The molecule has 0 bridgehead atoms. The summed E-state index contributed by atoms with van der Waals surface area (Å²) in [6.45, 7) is 5.76. The van der Waals surface area contributed by atoms with Crippen LogP contribution in [0.3, 0.4) is 0 Å². The van der Waals surface area contributed by atoms with E-state index in [2.05, 4.69) is 15.8 Å². The number of carbonyl (C=O) groups is 1. The topological polar surface area (TPSA) is 26.3 Å². The lowest BCUT2D eigenvalue weighted by Crippen LogP contribution is -2.05. The van der Waals surface area contributed by atoms with Crippen molar-refractivity contribution in [1.82, 2.24) is 0 Å². The second kappa shape index (κ2) is 12.1. The maximum atomic E-state index is 11.1. The van der Waals surface area contributed by atoms with E-state index in [1.54, 1.807) is 6.92 Å². The Morgan fingerprint density at radius 2 is 1.47 bits per heavy atom. The molecule has 0 radical (unpaired) electrons. The summed E-state index contributed by atoms with van der Waals surface area (Å²) in [5.41, 5.74) is 0.485. The lowest BCUT2D eigenvalue weighted by molar-refractivity contribution is -0.139. The Hall–Kier alpha value is -0.360. The molecule has 0 heterocycles. The highest BCUT2D eigenvalue weighted by Crippen LogP contribution is 2.09. The predicted octanol–water partition coefficient (Wildman–Crippen LogP) is 4.10. The minimum Gasteiger partial charge on any atom is -0.462 e. The van der Waals surface area contributed by atoms with Crippen molar-refractivity contribution >= 4 is 15.2 Å². The van der Waals surface area contributed by atoms with Crippen molar-refractivity contribution in [2.24, 2.45) is 0 Å². The molecular weight excluding hydrogens is 231 g/mol. The molecule has 0 amide bonds. The van der Waals surface area contributed by atoms with E-state index in [0.717, 1.165) is 12.8 Å². The van der Waals surface area contributed by atoms with Gasteiger partial charge in [-0.25, -0.2) is 4.79 Å². The highest BCUT2D eigenvalue weighted by molar-refractivity contribution is 7.16. The molecule has 0 aromatic heterocycles. The van der Waals surface area contributed by atoms with Crippen LogP contribution >= 0.6 is 9.24 Å². The number of hydrogen-bond donors (Lipinski definition) is 0. The summed E-state index contributed by atoms with van der Waals surface area (Å²) in [4.78, 5) is 11.1. The molecule has 0 aromatic rings. The van der Waals surface area contributed by atoms with Gasteiger partial charge in [-0.3, -0.25) is 0 Å². The van der Waals surface area contributed by atoms with Crippen molar-refractivity contribution in [3.63, 3.8) is 0 Å².